The van der Waals surface area contributed by atoms with E-state index in [9.17, 15) is 8.78 Å². The molecule has 2 nitrogen and oxygen atoms in total. The molecule has 0 fully saturated rings. The molecule has 1 heterocycles. The molecule has 1 unspecified atom stereocenters. The van der Waals surface area contributed by atoms with E-state index in [2.05, 4.69) is 9.97 Å². The molecule has 0 aliphatic carbocycles. The lowest BCUT2D eigenvalue weighted by atomic mass is 9.97. The first-order valence-corrected chi connectivity index (χ1v) is 6.36. The lowest BCUT2D eigenvalue weighted by molar-refractivity contribution is 0.489. The van der Waals surface area contributed by atoms with Gasteiger partial charge in [-0.15, -0.1) is 0 Å². The van der Waals surface area contributed by atoms with Crippen molar-refractivity contribution in [3.8, 4) is 0 Å². The molecule has 1 atom stereocenters. The Kier molecular flexibility index (Phi) is 4.32. The van der Waals surface area contributed by atoms with Crippen LogP contribution < -0.4 is 0 Å². The first-order valence-electron chi connectivity index (χ1n) is 5.60. The summed E-state index contributed by atoms with van der Waals surface area (Å²) in [5.41, 5.74) is 0.277. The van der Waals surface area contributed by atoms with Crippen LogP contribution in [-0.2, 0) is 6.42 Å². The van der Waals surface area contributed by atoms with Crippen molar-refractivity contribution in [3.63, 3.8) is 0 Å². The molecular formula is C13H10Cl2F2N2. The Hall–Kier alpha value is -1.26. The van der Waals surface area contributed by atoms with Gasteiger partial charge in [0, 0.05) is 12.5 Å². The highest BCUT2D eigenvalue weighted by Crippen LogP contribution is 2.24. The van der Waals surface area contributed by atoms with Crippen LogP contribution in [-0.4, -0.2) is 9.97 Å². The van der Waals surface area contributed by atoms with Crippen molar-refractivity contribution in [3.05, 3.63) is 57.6 Å². The lowest BCUT2D eigenvalue weighted by Gasteiger charge is -2.12. The third-order valence-corrected chi connectivity index (χ3v) is 3.10. The second kappa shape index (κ2) is 5.80. The number of halogens is 4. The smallest absolute Gasteiger partial charge is 0.162 e. The van der Waals surface area contributed by atoms with Crippen molar-refractivity contribution in [2.24, 2.45) is 0 Å². The normalized spacial score (nSPS) is 12.5. The minimum Gasteiger partial charge on any atom is -0.221 e. The molecule has 0 radical (unpaired) electrons. The van der Waals surface area contributed by atoms with Crippen molar-refractivity contribution >= 4 is 23.2 Å². The van der Waals surface area contributed by atoms with Crippen molar-refractivity contribution in [1.29, 1.82) is 0 Å². The van der Waals surface area contributed by atoms with Gasteiger partial charge in [0.15, 0.2) is 11.6 Å². The van der Waals surface area contributed by atoms with Crippen LogP contribution in [0, 0.1) is 11.6 Å². The zero-order chi connectivity index (χ0) is 14.0. The van der Waals surface area contributed by atoms with Crippen molar-refractivity contribution in [2.45, 2.75) is 19.3 Å². The Bertz CT molecular complexity index is 585. The molecule has 0 saturated heterocycles. The largest absolute Gasteiger partial charge is 0.221 e. The molecule has 19 heavy (non-hydrogen) atoms. The van der Waals surface area contributed by atoms with E-state index in [0.717, 1.165) is 6.07 Å². The van der Waals surface area contributed by atoms with Crippen LogP contribution in [0.1, 0.15) is 24.2 Å². The van der Waals surface area contributed by atoms with Crippen molar-refractivity contribution in [1.82, 2.24) is 9.97 Å². The van der Waals surface area contributed by atoms with Crippen LogP contribution in [0.4, 0.5) is 8.78 Å². The average Bonchev–Trinajstić information content (AvgIpc) is 2.31. The van der Waals surface area contributed by atoms with Crippen molar-refractivity contribution in [2.75, 3.05) is 0 Å². The monoisotopic (exact) mass is 302 g/mol. The fourth-order valence-electron chi connectivity index (χ4n) is 1.81. The predicted molar refractivity (Wildman–Crippen MR) is 70.5 cm³/mol. The summed E-state index contributed by atoms with van der Waals surface area (Å²) in [5, 5.41) is 0.448. The van der Waals surface area contributed by atoms with Gasteiger partial charge in [0.1, 0.15) is 16.1 Å². The predicted octanol–water partition coefficient (Wildman–Crippen LogP) is 4.41. The maximum absolute atomic E-state index is 13.6. The highest BCUT2D eigenvalue weighted by atomic mass is 35.5. The molecule has 0 N–H and O–H groups in total. The van der Waals surface area contributed by atoms with Gasteiger partial charge in [0.05, 0.1) is 0 Å². The molecule has 0 spiro atoms. The van der Waals surface area contributed by atoms with Gasteiger partial charge in [-0.2, -0.15) is 0 Å². The van der Waals surface area contributed by atoms with E-state index in [4.69, 9.17) is 23.2 Å². The molecule has 2 aromatic rings. The standard InChI is InChI=1S/C13H10Cl2F2N2/c1-7(8-3-2-4-9(16)13(8)17)5-12-18-10(14)6-11(15)19-12/h2-4,6-7H,5H2,1H3. The van der Waals surface area contributed by atoms with Crippen LogP contribution in [0.15, 0.2) is 24.3 Å². The molecule has 0 saturated carbocycles. The van der Waals surface area contributed by atoms with Crippen LogP contribution in [0.3, 0.4) is 0 Å². The Morgan fingerprint density at radius 2 is 1.79 bits per heavy atom. The van der Waals surface area contributed by atoms with Gasteiger partial charge in [-0.25, -0.2) is 18.7 Å². The van der Waals surface area contributed by atoms with Gasteiger partial charge in [-0.3, -0.25) is 0 Å². The first kappa shape index (κ1) is 14.2. The van der Waals surface area contributed by atoms with Gasteiger partial charge >= 0.3 is 0 Å². The number of rotatable bonds is 3. The molecule has 100 valence electrons. The zero-order valence-corrected chi connectivity index (χ0v) is 11.5. The first-order chi connectivity index (χ1) is 8.97. The molecule has 2 rings (SSSR count). The summed E-state index contributed by atoms with van der Waals surface area (Å²) in [4.78, 5) is 8.01. The number of hydrogen-bond acceptors (Lipinski definition) is 2. The number of aromatic nitrogens is 2. The van der Waals surface area contributed by atoms with Crippen LogP contribution in [0.25, 0.3) is 0 Å². The molecule has 1 aromatic carbocycles. The molecule has 0 aliphatic heterocycles. The third kappa shape index (κ3) is 3.39. The quantitative estimate of drug-likeness (QED) is 0.785. The fourth-order valence-corrected chi connectivity index (χ4v) is 2.27. The second-order valence-corrected chi connectivity index (χ2v) is 4.95. The van der Waals surface area contributed by atoms with E-state index in [0.29, 0.717) is 12.2 Å². The van der Waals surface area contributed by atoms with Gasteiger partial charge in [-0.05, 0) is 17.5 Å². The minimum absolute atomic E-state index is 0.224. The fraction of sp³-hybridized carbons (Fsp3) is 0.231. The summed E-state index contributed by atoms with van der Waals surface area (Å²) < 4.78 is 26.8. The second-order valence-electron chi connectivity index (χ2n) is 4.18. The summed E-state index contributed by atoms with van der Waals surface area (Å²) >= 11 is 11.5. The molecule has 0 amide bonds. The number of hydrogen-bond donors (Lipinski definition) is 0. The zero-order valence-electron chi connectivity index (χ0n) is 10.0. The Labute approximate surface area is 119 Å². The highest BCUT2D eigenvalue weighted by molar-refractivity contribution is 6.33. The molecule has 6 heteroatoms. The minimum atomic E-state index is -0.866. The van der Waals surface area contributed by atoms with Gasteiger partial charge in [0.25, 0.3) is 0 Å². The summed E-state index contributed by atoms with van der Waals surface area (Å²) in [6.07, 6.45) is 0.320. The van der Waals surface area contributed by atoms with Crippen LogP contribution >= 0.6 is 23.2 Å². The van der Waals surface area contributed by atoms with E-state index < -0.39 is 11.6 Å². The summed E-state index contributed by atoms with van der Waals surface area (Å²) in [5.74, 6) is -1.60. The molecule has 0 bridgehead atoms. The summed E-state index contributed by atoms with van der Waals surface area (Å²) in [6.45, 7) is 1.76. The molecule has 0 aliphatic rings. The van der Waals surface area contributed by atoms with E-state index >= 15 is 0 Å². The van der Waals surface area contributed by atoms with Crippen molar-refractivity contribution < 1.29 is 8.78 Å². The van der Waals surface area contributed by atoms with E-state index in [-0.39, 0.29) is 21.8 Å². The Morgan fingerprint density at radius 3 is 2.42 bits per heavy atom. The van der Waals surface area contributed by atoms with E-state index in [1.54, 1.807) is 6.92 Å². The topological polar surface area (TPSA) is 25.8 Å². The molecule has 1 aromatic heterocycles. The number of nitrogens with zero attached hydrogens (tertiary/aromatic N) is 2. The Morgan fingerprint density at radius 1 is 1.16 bits per heavy atom. The lowest BCUT2D eigenvalue weighted by Crippen LogP contribution is -2.06. The van der Waals surface area contributed by atoms with Crippen LogP contribution in [0.5, 0.6) is 0 Å². The Balaban J connectivity index is 2.25. The average molecular weight is 303 g/mol. The SMILES string of the molecule is CC(Cc1nc(Cl)cc(Cl)n1)c1cccc(F)c1F. The van der Waals surface area contributed by atoms with Gasteiger partial charge in [-0.1, -0.05) is 42.3 Å². The maximum atomic E-state index is 13.6. The summed E-state index contributed by atoms with van der Waals surface area (Å²) in [6, 6.07) is 5.50. The van der Waals surface area contributed by atoms with Gasteiger partial charge < -0.3 is 0 Å². The summed E-state index contributed by atoms with van der Waals surface area (Å²) in [7, 11) is 0. The molecular weight excluding hydrogens is 293 g/mol. The maximum Gasteiger partial charge on any atom is 0.162 e. The van der Waals surface area contributed by atoms with E-state index in [1.807, 2.05) is 0 Å². The third-order valence-electron chi connectivity index (χ3n) is 2.71. The van der Waals surface area contributed by atoms with E-state index in [1.165, 1.54) is 18.2 Å². The van der Waals surface area contributed by atoms with Crippen LogP contribution in [0.2, 0.25) is 10.3 Å². The highest BCUT2D eigenvalue weighted by Gasteiger charge is 2.16. The van der Waals surface area contributed by atoms with Gasteiger partial charge in [0.2, 0.25) is 0 Å². The number of benzene rings is 1.